The Balaban J connectivity index is 1.54. The summed E-state index contributed by atoms with van der Waals surface area (Å²) in [5, 5.41) is 2.42. The van der Waals surface area contributed by atoms with E-state index in [2.05, 4.69) is 9.97 Å². The van der Waals surface area contributed by atoms with Gasteiger partial charge < -0.3 is 4.74 Å². The molecule has 0 unspecified atom stereocenters. The molecular weight excluding hydrogens is 339 g/mol. The van der Waals surface area contributed by atoms with Crippen molar-refractivity contribution >= 4 is 44.9 Å². The quantitative estimate of drug-likeness (QED) is 0.583. The third-order valence-corrected chi connectivity index (χ3v) is 4.87. The smallest absolute Gasteiger partial charge is 0.170 e. The largest absolute Gasteiger partial charge is 0.494 e. The molecule has 3 aromatic rings. The molecular formula is C16H14Cl2N2OS. The molecule has 0 radical (unpaired) electrons. The van der Waals surface area contributed by atoms with Crippen LogP contribution in [0.3, 0.4) is 0 Å². The van der Waals surface area contributed by atoms with Crippen molar-refractivity contribution in [2.24, 2.45) is 0 Å². The lowest BCUT2D eigenvalue weighted by Gasteiger charge is -2.06. The van der Waals surface area contributed by atoms with Gasteiger partial charge >= 0.3 is 0 Å². The normalized spacial score (nSPS) is 11.0. The van der Waals surface area contributed by atoms with Crippen molar-refractivity contribution in [3.63, 3.8) is 0 Å². The predicted molar refractivity (Wildman–Crippen MR) is 92.4 cm³/mol. The van der Waals surface area contributed by atoms with Gasteiger partial charge in [0.1, 0.15) is 5.75 Å². The number of nitrogens with zero attached hydrogens (tertiary/aromatic N) is 2. The van der Waals surface area contributed by atoms with Crippen molar-refractivity contribution < 1.29 is 4.74 Å². The van der Waals surface area contributed by atoms with Crippen LogP contribution in [0.1, 0.15) is 17.0 Å². The van der Waals surface area contributed by atoms with Crippen LogP contribution in [-0.2, 0) is 6.42 Å². The molecule has 0 atom stereocenters. The predicted octanol–water partition coefficient (Wildman–Crippen LogP) is 5.32. The minimum Gasteiger partial charge on any atom is -0.494 e. The van der Waals surface area contributed by atoms with Crippen molar-refractivity contribution in [2.75, 3.05) is 6.61 Å². The first-order valence-corrected chi connectivity index (χ1v) is 8.49. The Morgan fingerprint density at radius 3 is 2.91 bits per heavy atom. The van der Waals surface area contributed by atoms with E-state index in [1.807, 2.05) is 31.2 Å². The number of thiazole rings is 1. The minimum absolute atomic E-state index is 0.628. The van der Waals surface area contributed by atoms with Crippen LogP contribution in [0.15, 0.2) is 30.5 Å². The maximum absolute atomic E-state index is 6.07. The van der Waals surface area contributed by atoms with Crippen LogP contribution in [-0.4, -0.2) is 16.6 Å². The fourth-order valence-corrected chi connectivity index (χ4v) is 3.43. The maximum Gasteiger partial charge on any atom is 0.170 e. The molecule has 0 aliphatic carbocycles. The highest BCUT2D eigenvalue weighted by molar-refractivity contribution is 7.18. The van der Waals surface area contributed by atoms with Gasteiger partial charge in [-0.05, 0) is 37.1 Å². The Morgan fingerprint density at radius 1 is 1.23 bits per heavy atom. The van der Waals surface area contributed by atoms with E-state index in [1.54, 1.807) is 17.5 Å². The molecule has 6 heteroatoms. The van der Waals surface area contributed by atoms with E-state index in [1.165, 1.54) is 0 Å². The van der Waals surface area contributed by atoms with Crippen LogP contribution >= 0.6 is 34.5 Å². The van der Waals surface area contributed by atoms with Crippen LogP contribution in [0.2, 0.25) is 10.0 Å². The van der Waals surface area contributed by atoms with Crippen LogP contribution in [0.4, 0.5) is 0 Å². The van der Waals surface area contributed by atoms with Gasteiger partial charge in [-0.15, -0.1) is 11.3 Å². The lowest BCUT2D eigenvalue weighted by Crippen LogP contribution is -1.99. The zero-order valence-electron chi connectivity index (χ0n) is 12.0. The number of aromatic nitrogens is 2. The van der Waals surface area contributed by atoms with Gasteiger partial charge in [0.2, 0.25) is 0 Å². The zero-order valence-corrected chi connectivity index (χ0v) is 14.3. The van der Waals surface area contributed by atoms with Crippen molar-refractivity contribution in [3.8, 4) is 5.75 Å². The summed E-state index contributed by atoms with van der Waals surface area (Å²) in [6.07, 6.45) is 3.37. The molecule has 0 amide bonds. The molecule has 22 heavy (non-hydrogen) atoms. The summed E-state index contributed by atoms with van der Waals surface area (Å²) in [6.45, 7) is 2.60. The van der Waals surface area contributed by atoms with Crippen molar-refractivity contribution in [1.29, 1.82) is 0 Å². The Bertz CT molecular complexity index is 804. The highest BCUT2D eigenvalue weighted by Gasteiger charge is 2.06. The molecule has 2 heterocycles. The summed E-state index contributed by atoms with van der Waals surface area (Å²) in [7, 11) is 0. The van der Waals surface area contributed by atoms with Gasteiger partial charge in [-0.25, -0.2) is 9.97 Å². The molecule has 0 fully saturated rings. The summed E-state index contributed by atoms with van der Waals surface area (Å²) in [4.78, 5) is 8.71. The highest BCUT2D eigenvalue weighted by Crippen LogP contribution is 2.25. The molecule has 0 aliphatic heterocycles. The van der Waals surface area contributed by atoms with Gasteiger partial charge in [0.25, 0.3) is 0 Å². The lowest BCUT2D eigenvalue weighted by molar-refractivity contribution is 0.311. The average molecular weight is 353 g/mol. The fraction of sp³-hybridized carbons (Fsp3) is 0.250. The Kier molecular flexibility index (Phi) is 4.81. The molecule has 2 aromatic heterocycles. The van der Waals surface area contributed by atoms with Gasteiger partial charge in [0.05, 0.1) is 21.3 Å². The number of hydrogen-bond acceptors (Lipinski definition) is 4. The van der Waals surface area contributed by atoms with Gasteiger partial charge in [-0.3, -0.25) is 0 Å². The first kappa shape index (κ1) is 15.5. The van der Waals surface area contributed by atoms with Crippen LogP contribution in [0, 0.1) is 6.92 Å². The topological polar surface area (TPSA) is 35.0 Å². The maximum atomic E-state index is 6.07. The Hall–Kier alpha value is -1.36. The molecule has 3 nitrogen and oxygen atoms in total. The second-order valence-electron chi connectivity index (χ2n) is 4.95. The van der Waals surface area contributed by atoms with Crippen molar-refractivity contribution in [3.05, 3.63) is 51.1 Å². The Labute approximate surface area is 142 Å². The van der Waals surface area contributed by atoms with E-state index in [9.17, 15) is 0 Å². The summed E-state index contributed by atoms with van der Waals surface area (Å²) in [5.41, 5.74) is 1.81. The summed E-state index contributed by atoms with van der Waals surface area (Å²) in [6, 6.07) is 7.64. The zero-order chi connectivity index (χ0) is 15.5. The first-order chi connectivity index (χ1) is 10.6. The van der Waals surface area contributed by atoms with E-state index < -0.39 is 0 Å². The number of benzene rings is 1. The molecule has 0 aliphatic rings. The Morgan fingerprint density at radius 2 is 2.09 bits per heavy atom. The molecule has 0 N–H and O–H groups in total. The van der Waals surface area contributed by atoms with Crippen LogP contribution in [0.5, 0.6) is 5.75 Å². The van der Waals surface area contributed by atoms with E-state index in [-0.39, 0.29) is 0 Å². The molecule has 0 bridgehead atoms. The SMILES string of the molecule is Cc1ccc(OCCCc2nc3ncc(Cl)cc3s2)cc1Cl. The number of rotatable bonds is 5. The van der Waals surface area contributed by atoms with Crippen molar-refractivity contribution in [2.45, 2.75) is 19.8 Å². The minimum atomic E-state index is 0.628. The van der Waals surface area contributed by atoms with Gasteiger partial charge in [-0.1, -0.05) is 29.3 Å². The number of pyridine rings is 1. The van der Waals surface area contributed by atoms with Gasteiger partial charge in [0, 0.05) is 17.6 Å². The second-order valence-corrected chi connectivity index (χ2v) is 6.90. The lowest BCUT2D eigenvalue weighted by atomic mass is 10.2. The highest BCUT2D eigenvalue weighted by atomic mass is 35.5. The van der Waals surface area contributed by atoms with Gasteiger partial charge in [-0.2, -0.15) is 0 Å². The molecule has 0 saturated heterocycles. The molecule has 114 valence electrons. The van der Waals surface area contributed by atoms with E-state index in [4.69, 9.17) is 27.9 Å². The fourth-order valence-electron chi connectivity index (χ4n) is 2.02. The van der Waals surface area contributed by atoms with Crippen molar-refractivity contribution in [1.82, 2.24) is 9.97 Å². The number of ether oxygens (including phenoxy) is 1. The van der Waals surface area contributed by atoms with E-state index in [0.717, 1.165) is 44.5 Å². The standard InChI is InChI=1S/C16H14Cl2N2OS/c1-10-4-5-12(8-13(10)18)21-6-2-3-15-20-16-14(22-15)7-11(17)9-19-16/h4-5,7-9H,2-3,6H2,1H3. The second kappa shape index (κ2) is 6.82. The number of halogens is 2. The number of fused-ring (bicyclic) bond motifs is 1. The molecule has 3 rings (SSSR count). The van der Waals surface area contributed by atoms with Crippen LogP contribution in [0.25, 0.3) is 10.3 Å². The number of hydrogen-bond donors (Lipinski definition) is 0. The van der Waals surface area contributed by atoms with E-state index >= 15 is 0 Å². The summed E-state index contributed by atoms with van der Waals surface area (Å²) < 4.78 is 6.73. The summed E-state index contributed by atoms with van der Waals surface area (Å²) in [5.74, 6) is 0.799. The van der Waals surface area contributed by atoms with Gasteiger partial charge in [0.15, 0.2) is 5.65 Å². The monoisotopic (exact) mass is 352 g/mol. The molecule has 1 aromatic carbocycles. The number of aryl methyl sites for hydroxylation is 2. The molecule has 0 saturated carbocycles. The molecule has 0 spiro atoms. The average Bonchev–Trinajstić information content (AvgIpc) is 2.89. The summed E-state index contributed by atoms with van der Waals surface area (Å²) >= 11 is 13.6. The third kappa shape index (κ3) is 3.69. The van der Waals surface area contributed by atoms with E-state index in [0.29, 0.717) is 11.6 Å². The van der Waals surface area contributed by atoms with Crippen LogP contribution < -0.4 is 4.74 Å². The first-order valence-electron chi connectivity index (χ1n) is 6.92. The third-order valence-electron chi connectivity index (χ3n) is 3.20.